The molecule has 1 saturated heterocycles. The lowest BCUT2D eigenvalue weighted by molar-refractivity contribution is 0.0158. The number of rotatable bonds is 6. The molecule has 84 valence electrons. The van der Waals surface area contributed by atoms with Gasteiger partial charge in [-0.15, -0.1) is 0 Å². The van der Waals surface area contributed by atoms with Crippen LogP contribution in [0.25, 0.3) is 0 Å². The Kier molecular flexibility index (Phi) is 5.40. The van der Waals surface area contributed by atoms with Crippen molar-refractivity contribution in [2.75, 3.05) is 26.9 Å². The second kappa shape index (κ2) is 6.35. The average molecular weight is 203 g/mol. The van der Waals surface area contributed by atoms with Gasteiger partial charge in [-0.05, 0) is 19.8 Å². The fraction of sp³-hybridized carbons (Fsp3) is 1.00. The summed E-state index contributed by atoms with van der Waals surface area (Å²) < 4.78 is 10.6. The highest BCUT2D eigenvalue weighted by molar-refractivity contribution is 4.82. The van der Waals surface area contributed by atoms with Gasteiger partial charge < -0.3 is 19.9 Å². The number of aliphatic hydroxyl groups excluding tert-OH is 1. The minimum Gasteiger partial charge on any atom is -0.395 e. The Bertz CT molecular complexity index is 154. The zero-order chi connectivity index (χ0) is 10.4. The zero-order valence-electron chi connectivity index (χ0n) is 9.03. The van der Waals surface area contributed by atoms with E-state index in [1.165, 1.54) is 0 Å². The van der Waals surface area contributed by atoms with Crippen LogP contribution in [0.3, 0.4) is 0 Å². The average Bonchev–Trinajstić information content (AvgIpc) is 2.60. The van der Waals surface area contributed by atoms with Gasteiger partial charge in [-0.1, -0.05) is 0 Å². The standard InChI is InChI=1S/C10H21NO3/c1-8-3-4-10(14-8)9(7-12)11-5-6-13-2/h8-12H,3-7H2,1-2H3. The second-order valence-corrected chi connectivity index (χ2v) is 3.80. The molecule has 4 heteroatoms. The van der Waals surface area contributed by atoms with Gasteiger partial charge in [0.1, 0.15) is 0 Å². The van der Waals surface area contributed by atoms with Crippen LogP contribution in [-0.2, 0) is 9.47 Å². The lowest BCUT2D eigenvalue weighted by Crippen LogP contribution is -2.44. The summed E-state index contributed by atoms with van der Waals surface area (Å²) in [5, 5.41) is 12.4. The van der Waals surface area contributed by atoms with Gasteiger partial charge in [0.05, 0.1) is 31.5 Å². The van der Waals surface area contributed by atoms with E-state index in [1.54, 1.807) is 7.11 Å². The maximum atomic E-state index is 9.19. The minimum atomic E-state index is 0.0510. The van der Waals surface area contributed by atoms with Crippen molar-refractivity contribution in [3.8, 4) is 0 Å². The van der Waals surface area contributed by atoms with Gasteiger partial charge in [0.15, 0.2) is 0 Å². The van der Waals surface area contributed by atoms with Crippen LogP contribution in [0.1, 0.15) is 19.8 Å². The Labute approximate surface area is 85.6 Å². The molecule has 1 heterocycles. The van der Waals surface area contributed by atoms with Crippen molar-refractivity contribution in [1.29, 1.82) is 0 Å². The molecule has 0 amide bonds. The molecule has 0 aromatic rings. The summed E-state index contributed by atoms with van der Waals surface area (Å²) in [6, 6.07) is 0.0510. The van der Waals surface area contributed by atoms with E-state index in [-0.39, 0.29) is 18.8 Å². The number of methoxy groups -OCH3 is 1. The van der Waals surface area contributed by atoms with Crippen molar-refractivity contribution in [1.82, 2.24) is 5.32 Å². The van der Waals surface area contributed by atoms with E-state index in [9.17, 15) is 5.11 Å². The summed E-state index contributed by atoms with van der Waals surface area (Å²) in [6.45, 7) is 3.62. The summed E-state index contributed by atoms with van der Waals surface area (Å²) in [4.78, 5) is 0. The number of hydrogen-bond donors (Lipinski definition) is 2. The number of aliphatic hydroxyl groups is 1. The lowest BCUT2D eigenvalue weighted by atomic mass is 10.1. The lowest BCUT2D eigenvalue weighted by Gasteiger charge is -2.22. The van der Waals surface area contributed by atoms with Crippen molar-refractivity contribution in [3.63, 3.8) is 0 Å². The Hall–Kier alpha value is -0.160. The van der Waals surface area contributed by atoms with Crippen LogP contribution in [0.2, 0.25) is 0 Å². The minimum absolute atomic E-state index is 0.0510. The fourth-order valence-corrected chi connectivity index (χ4v) is 1.79. The van der Waals surface area contributed by atoms with Crippen LogP contribution < -0.4 is 5.32 Å². The third-order valence-corrected chi connectivity index (χ3v) is 2.62. The van der Waals surface area contributed by atoms with Gasteiger partial charge in [0.25, 0.3) is 0 Å². The van der Waals surface area contributed by atoms with Gasteiger partial charge in [0, 0.05) is 13.7 Å². The molecule has 1 aliphatic heterocycles. The number of ether oxygens (including phenoxy) is 2. The molecule has 4 nitrogen and oxygen atoms in total. The van der Waals surface area contributed by atoms with E-state index in [2.05, 4.69) is 12.2 Å². The highest BCUT2D eigenvalue weighted by Crippen LogP contribution is 2.21. The normalized spacial score (nSPS) is 29.4. The highest BCUT2D eigenvalue weighted by Gasteiger charge is 2.28. The molecule has 0 spiro atoms. The van der Waals surface area contributed by atoms with Crippen molar-refractivity contribution in [3.05, 3.63) is 0 Å². The maximum Gasteiger partial charge on any atom is 0.0755 e. The Morgan fingerprint density at radius 3 is 2.86 bits per heavy atom. The summed E-state index contributed by atoms with van der Waals surface area (Å²) in [6.07, 6.45) is 2.62. The number of nitrogens with one attached hydrogen (secondary N) is 1. The molecular weight excluding hydrogens is 182 g/mol. The van der Waals surface area contributed by atoms with Crippen LogP contribution >= 0.6 is 0 Å². The molecular formula is C10H21NO3. The third-order valence-electron chi connectivity index (χ3n) is 2.62. The summed E-state index contributed by atoms with van der Waals surface area (Å²) >= 11 is 0. The highest BCUT2D eigenvalue weighted by atomic mass is 16.5. The molecule has 3 atom stereocenters. The largest absolute Gasteiger partial charge is 0.395 e. The van der Waals surface area contributed by atoms with Crippen molar-refractivity contribution in [2.24, 2.45) is 0 Å². The molecule has 3 unspecified atom stereocenters. The van der Waals surface area contributed by atoms with E-state index in [0.717, 1.165) is 19.4 Å². The maximum absolute atomic E-state index is 9.19. The SMILES string of the molecule is COCCNC(CO)C1CCC(C)O1. The quantitative estimate of drug-likeness (QED) is 0.603. The van der Waals surface area contributed by atoms with Crippen LogP contribution in [0, 0.1) is 0 Å². The fourth-order valence-electron chi connectivity index (χ4n) is 1.79. The van der Waals surface area contributed by atoms with Gasteiger partial charge in [-0.2, -0.15) is 0 Å². The van der Waals surface area contributed by atoms with Crippen LogP contribution in [-0.4, -0.2) is 50.2 Å². The van der Waals surface area contributed by atoms with Crippen LogP contribution in [0.15, 0.2) is 0 Å². The van der Waals surface area contributed by atoms with E-state index in [1.807, 2.05) is 0 Å². The Morgan fingerprint density at radius 1 is 1.57 bits per heavy atom. The van der Waals surface area contributed by atoms with Crippen molar-refractivity contribution in [2.45, 2.75) is 38.0 Å². The predicted molar refractivity (Wildman–Crippen MR) is 54.3 cm³/mol. The first kappa shape index (κ1) is 11.9. The molecule has 0 aromatic carbocycles. The summed E-state index contributed by atoms with van der Waals surface area (Å²) in [7, 11) is 1.67. The molecule has 0 bridgehead atoms. The first-order valence-electron chi connectivity index (χ1n) is 5.26. The zero-order valence-corrected chi connectivity index (χ0v) is 9.03. The third kappa shape index (κ3) is 3.53. The predicted octanol–water partition coefficient (Wildman–Crippen LogP) is 0.151. The summed E-state index contributed by atoms with van der Waals surface area (Å²) in [5.74, 6) is 0. The first-order chi connectivity index (χ1) is 6.77. The molecule has 0 radical (unpaired) electrons. The van der Waals surface area contributed by atoms with Crippen molar-refractivity contribution < 1.29 is 14.6 Å². The van der Waals surface area contributed by atoms with E-state index in [0.29, 0.717) is 12.7 Å². The molecule has 0 saturated carbocycles. The molecule has 14 heavy (non-hydrogen) atoms. The second-order valence-electron chi connectivity index (χ2n) is 3.80. The summed E-state index contributed by atoms with van der Waals surface area (Å²) in [5.41, 5.74) is 0. The monoisotopic (exact) mass is 203 g/mol. The Balaban J connectivity index is 2.23. The van der Waals surface area contributed by atoms with Gasteiger partial charge in [0.2, 0.25) is 0 Å². The van der Waals surface area contributed by atoms with Crippen LogP contribution in [0.4, 0.5) is 0 Å². The Morgan fingerprint density at radius 2 is 2.36 bits per heavy atom. The van der Waals surface area contributed by atoms with E-state index < -0.39 is 0 Å². The molecule has 2 N–H and O–H groups in total. The van der Waals surface area contributed by atoms with Gasteiger partial charge in [-0.3, -0.25) is 0 Å². The first-order valence-corrected chi connectivity index (χ1v) is 5.26. The number of hydrogen-bond acceptors (Lipinski definition) is 4. The molecule has 1 aliphatic rings. The van der Waals surface area contributed by atoms with E-state index in [4.69, 9.17) is 9.47 Å². The molecule has 0 aromatic heterocycles. The molecule has 1 fully saturated rings. The molecule has 1 rings (SSSR count). The van der Waals surface area contributed by atoms with E-state index >= 15 is 0 Å². The van der Waals surface area contributed by atoms with Gasteiger partial charge >= 0.3 is 0 Å². The van der Waals surface area contributed by atoms with Crippen molar-refractivity contribution >= 4 is 0 Å². The topological polar surface area (TPSA) is 50.7 Å². The van der Waals surface area contributed by atoms with Crippen LogP contribution in [0.5, 0.6) is 0 Å². The smallest absolute Gasteiger partial charge is 0.0755 e. The van der Waals surface area contributed by atoms with Gasteiger partial charge in [-0.25, -0.2) is 0 Å². The molecule has 0 aliphatic carbocycles.